The second kappa shape index (κ2) is 3.88. The number of rotatable bonds is 2. The number of amides is 1. The van der Waals surface area contributed by atoms with Crippen molar-refractivity contribution in [2.45, 2.75) is 19.4 Å². The first-order valence-electron chi connectivity index (χ1n) is 5.42. The van der Waals surface area contributed by atoms with Crippen LogP contribution in [0.15, 0.2) is 12.1 Å². The molecule has 1 amide bonds. The fraction of sp³-hybridized carbons (Fsp3) is 0.417. The summed E-state index contributed by atoms with van der Waals surface area (Å²) >= 11 is 8.20. The van der Waals surface area contributed by atoms with Crippen LogP contribution in [0, 0.1) is 9.49 Å². The van der Waals surface area contributed by atoms with Crippen LogP contribution in [0.25, 0.3) is 0 Å². The van der Waals surface area contributed by atoms with Crippen molar-refractivity contribution in [1.29, 1.82) is 0 Å². The van der Waals surface area contributed by atoms with Gasteiger partial charge in [0.25, 0.3) is 5.91 Å². The Balaban J connectivity index is 1.93. The van der Waals surface area contributed by atoms with Gasteiger partial charge in [0.1, 0.15) is 0 Å². The molecule has 3 rings (SSSR count). The van der Waals surface area contributed by atoms with E-state index >= 15 is 0 Å². The van der Waals surface area contributed by atoms with E-state index in [0.29, 0.717) is 0 Å². The number of nitrogens with zero attached hydrogens (tertiary/aromatic N) is 1. The summed E-state index contributed by atoms with van der Waals surface area (Å²) in [6.07, 6.45) is 2.55. The molecule has 1 saturated carbocycles. The van der Waals surface area contributed by atoms with E-state index in [1.165, 1.54) is 12.8 Å². The van der Waals surface area contributed by atoms with E-state index in [2.05, 4.69) is 22.6 Å². The first kappa shape index (κ1) is 10.8. The highest BCUT2D eigenvalue weighted by Gasteiger charge is 2.33. The highest BCUT2D eigenvalue weighted by Crippen LogP contribution is 2.35. The lowest BCUT2D eigenvalue weighted by atomic mass is 10.1. The van der Waals surface area contributed by atoms with Crippen molar-refractivity contribution in [2.24, 2.45) is 5.92 Å². The third kappa shape index (κ3) is 1.84. The van der Waals surface area contributed by atoms with Crippen molar-refractivity contribution in [1.82, 2.24) is 4.90 Å². The lowest BCUT2D eigenvalue weighted by Gasteiger charge is -2.14. The molecule has 2 nitrogen and oxygen atoms in total. The zero-order valence-electron chi connectivity index (χ0n) is 8.67. The van der Waals surface area contributed by atoms with E-state index in [1.54, 1.807) is 0 Å². The molecule has 2 aliphatic rings. The van der Waals surface area contributed by atoms with Crippen LogP contribution in [0.4, 0.5) is 0 Å². The largest absolute Gasteiger partial charge is 0.334 e. The van der Waals surface area contributed by atoms with Gasteiger partial charge < -0.3 is 4.90 Å². The Bertz CT molecular complexity index is 470. The quantitative estimate of drug-likeness (QED) is 0.752. The minimum Gasteiger partial charge on any atom is -0.334 e. The number of carbonyl (C=O) groups is 1. The molecular weight excluding hydrogens is 336 g/mol. The summed E-state index contributed by atoms with van der Waals surface area (Å²) in [7, 11) is 0. The van der Waals surface area contributed by atoms with Crippen LogP contribution in [-0.4, -0.2) is 17.4 Å². The lowest BCUT2D eigenvalue weighted by molar-refractivity contribution is 0.0770. The second-order valence-corrected chi connectivity index (χ2v) is 6.15. The molecular formula is C12H11ClINO. The van der Waals surface area contributed by atoms with Gasteiger partial charge in [-0.15, -0.1) is 0 Å². The summed E-state index contributed by atoms with van der Waals surface area (Å²) in [5.41, 5.74) is 1.95. The average Bonchev–Trinajstić information content (AvgIpc) is 2.93. The topological polar surface area (TPSA) is 20.3 Å². The molecule has 0 spiro atoms. The van der Waals surface area contributed by atoms with Crippen molar-refractivity contribution >= 4 is 40.1 Å². The monoisotopic (exact) mass is 347 g/mol. The number of fused-ring (bicyclic) bond motifs is 1. The van der Waals surface area contributed by atoms with Crippen LogP contribution >= 0.6 is 34.2 Å². The number of hydrogen-bond acceptors (Lipinski definition) is 1. The van der Waals surface area contributed by atoms with E-state index in [1.807, 2.05) is 17.0 Å². The van der Waals surface area contributed by atoms with E-state index in [-0.39, 0.29) is 5.91 Å². The summed E-state index contributed by atoms with van der Waals surface area (Å²) in [5.74, 6) is 0.925. The predicted molar refractivity (Wildman–Crippen MR) is 71.6 cm³/mol. The van der Waals surface area contributed by atoms with Crippen LogP contribution in [0.5, 0.6) is 0 Å². The number of carbonyl (C=O) groups excluding carboxylic acids is 1. The third-order valence-electron chi connectivity index (χ3n) is 3.17. The molecule has 1 aromatic rings. The molecule has 4 heteroatoms. The van der Waals surface area contributed by atoms with Gasteiger partial charge in [0.2, 0.25) is 0 Å². The molecule has 1 aliphatic carbocycles. The molecule has 0 saturated heterocycles. The van der Waals surface area contributed by atoms with Gasteiger partial charge in [-0.1, -0.05) is 11.6 Å². The Labute approximate surface area is 113 Å². The molecule has 1 heterocycles. The SMILES string of the molecule is O=C1c2c(I)cc(Cl)cc2CN1CC1CC1. The standard InChI is InChI=1S/C12H11ClINO/c13-9-3-8-6-15(5-7-1-2-7)12(16)11(8)10(14)4-9/h3-4,7H,1-2,5-6H2. The van der Waals surface area contributed by atoms with E-state index in [4.69, 9.17) is 11.6 Å². The van der Waals surface area contributed by atoms with Gasteiger partial charge in [0.05, 0.1) is 5.56 Å². The maximum Gasteiger partial charge on any atom is 0.255 e. The molecule has 0 aromatic heterocycles. The van der Waals surface area contributed by atoms with Gasteiger partial charge in [0, 0.05) is 21.7 Å². The second-order valence-electron chi connectivity index (χ2n) is 4.55. The molecule has 0 bridgehead atoms. The molecule has 0 N–H and O–H groups in total. The molecule has 0 radical (unpaired) electrons. The molecule has 0 atom stereocenters. The average molecular weight is 348 g/mol. The maximum absolute atomic E-state index is 12.2. The Morgan fingerprint density at radius 1 is 1.44 bits per heavy atom. The lowest BCUT2D eigenvalue weighted by Crippen LogP contribution is -2.26. The third-order valence-corrected chi connectivity index (χ3v) is 4.24. The zero-order chi connectivity index (χ0) is 11.3. The van der Waals surface area contributed by atoms with Crippen LogP contribution in [0.3, 0.4) is 0 Å². The number of halogens is 2. The van der Waals surface area contributed by atoms with Gasteiger partial charge >= 0.3 is 0 Å². The summed E-state index contributed by atoms with van der Waals surface area (Å²) in [5, 5.41) is 0.726. The van der Waals surface area contributed by atoms with Gasteiger partial charge in [0.15, 0.2) is 0 Å². The van der Waals surface area contributed by atoms with Crippen molar-refractivity contribution in [2.75, 3.05) is 6.54 Å². The van der Waals surface area contributed by atoms with E-state index in [9.17, 15) is 4.79 Å². The van der Waals surface area contributed by atoms with Gasteiger partial charge in [-0.05, 0) is 59.0 Å². The Kier molecular flexibility index (Phi) is 2.63. The van der Waals surface area contributed by atoms with Crippen LogP contribution in [0.2, 0.25) is 5.02 Å². The van der Waals surface area contributed by atoms with Gasteiger partial charge in [-0.3, -0.25) is 4.79 Å². The van der Waals surface area contributed by atoms with E-state index < -0.39 is 0 Å². The molecule has 84 valence electrons. The predicted octanol–water partition coefficient (Wildman–Crippen LogP) is 3.31. The van der Waals surface area contributed by atoms with Gasteiger partial charge in [-0.2, -0.15) is 0 Å². The first-order valence-corrected chi connectivity index (χ1v) is 6.88. The van der Waals surface area contributed by atoms with Crippen molar-refractivity contribution in [3.8, 4) is 0 Å². The normalized spacial score (nSPS) is 19.1. The van der Waals surface area contributed by atoms with Crippen molar-refractivity contribution < 1.29 is 4.79 Å². The fourth-order valence-electron chi connectivity index (χ4n) is 2.19. The summed E-state index contributed by atoms with van der Waals surface area (Å²) in [4.78, 5) is 14.1. The number of hydrogen-bond donors (Lipinski definition) is 0. The first-order chi connectivity index (χ1) is 7.65. The molecule has 1 aliphatic heterocycles. The fourth-order valence-corrected chi connectivity index (χ4v) is 3.52. The van der Waals surface area contributed by atoms with Gasteiger partial charge in [-0.25, -0.2) is 0 Å². The molecule has 16 heavy (non-hydrogen) atoms. The van der Waals surface area contributed by atoms with Crippen LogP contribution < -0.4 is 0 Å². The minimum absolute atomic E-state index is 0.183. The Hall–Kier alpha value is -0.290. The summed E-state index contributed by atoms with van der Waals surface area (Å²) < 4.78 is 0.975. The Morgan fingerprint density at radius 2 is 2.19 bits per heavy atom. The van der Waals surface area contributed by atoms with Crippen LogP contribution in [-0.2, 0) is 6.54 Å². The number of benzene rings is 1. The van der Waals surface area contributed by atoms with Crippen molar-refractivity contribution in [3.05, 3.63) is 31.9 Å². The summed E-state index contributed by atoms with van der Waals surface area (Å²) in [6, 6.07) is 3.78. The highest BCUT2D eigenvalue weighted by atomic mass is 127. The maximum atomic E-state index is 12.2. The molecule has 1 fully saturated rings. The minimum atomic E-state index is 0.183. The van der Waals surface area contributed by atoms with Crippen molar-refractivity contribution in [3.63, 3.8) is 0 Å². The summed E-state index contributed by atoms with van der Waals surface area (Å²) in [6.45, 7) is 1.66. The van der Waals surface area contributed by atoms with Crippen LogP contribution in [0.1, 0.15) is 28.8 Å². The Morgan fingerprint density at radius 3 is 2.88 bits per heavy atom. The zero-order valence-corrected chi connectivity index (χ0v) is 11.6. The van der Waals surface area contributed by atoms with E-state index in [0.717, 1.165) is 38.7 Å². The smallest absolute Gasteiger partial charge is 0.255 e. The molecule has 1 aromatic carbocycles. The molecule has 0 unspecified atom stereocenters. The highest BCUT2D eigenvalue weighted by molar-refractivity contribution is 14.1.